The molecule has 0 aliphatic carbocycles. The van der Waals surface area contributed by atoms with Crippen molar-refractivity contribution < 1.29 is 9.47 Å². The highest BCUT2D eigenvalue weighted by molar-refractivity contribution is 7.05. The summed E-state index contributed by atoms with van der Waals surface area (Å²) in [6, 6.07) is 132. The summed E-state index contributed by atoms with van der Waals surface area (Å²) < 4.78 is 16.9. The van der Waals surface area contributed by atoms with Crippen molar-refractivity contribution in [2.45, 2.75) is 0 Å². The zero-order valence-electron chi connectivity index (χ0n) is 58.5. The number of hydrogen-bond donors (Lipinski definition) is 0. The molecule has 498 valence electrons. The van der Waals surface area contributed by atoms with E-state index in [4.69, 9.17) is 9.47 Å². The SMILES string of the molecule is c1ccc(N(c2ccccc2)c2ccc3c(c2)Oc2cc4c5c6c2B3c2ccccc2N6c2ccccc2B5c2ccc(N(c3ccccc3)c3ccccc3)cc2N4c2ccccc2)cc1.c1ccc(N2c3ccccc3B3c4c2cc2c5c4-n4c6c(cccc6c6cccc3c64)B5c3ccccc3O2)cc1. The zero-order chi connectivity index (χ0) is 70.4. The first kappa shape index (κ1) is 59.6. The minimum absolute atomic E-state index is 0.0337. The molecule has 12 heteroatoms. The summed E-state index contributed by atoms with van der Waals surface area (Å²) >= 11 is 0. The fourth-order valence-electron chi connectivity index (χ4n) is 19.7. The highest BCUT2D eigenvalue weighted by Gasteiger charge is 2.53. The van der Waals surface area contributed by atoms with Gasteiger partial charge in [0, 0.05) is 131 Å². The molecule has 0 radical (unpaired) electrons. The van der Waals surface area contributed by atoms with Crippen LogP contribution in [0.5, 0.6) is 23.0 Å². The van der Waals surface area contributed by atoms with Crippen LogP contribution >= 0.6 is 0 Å². The maximum atomic E-state index is 7.43. The predicted octanol–water partition coefficient (Wildman–Crippen LogP) is 16.0. The number of ether oxygens (including phenoxy) is 2. The van der Waals surface area contributed by atoms with Crippen molar-refractivity contribution in [1.82, 2.24) is 4.57 Å². The van der Waals surface area contributed by atoms with Crippen LogP contribution in [0.3, 0.4) is 0 Å². The molecule has 16 aromatic carbocycles. The van der Waals surface area contributed by atoms with Gasteiger partial charge in [-0.1, -0.05) is 231 Å². The summed E-state index contributed by atoms with van der Waals surface area (Å²) in [6.07, 6.45) is 0. The van der Waals surface area contributed by atoms with E-state index in [9.17, 15) is 0 Å². The fraction of sp³-hybridized carbons (Fsp3) is 0. The lowest BCUT2D eigenvalue weighted by Crippen LogP contribution is -2.67. The lowest BCUT2D eigenvalue weighted by atomic mass is 9.29. The largest absolute Gasteiger partial charge is 0.458 e. The Morgan fingerprint density at radius 1 is 0.213 bits per heavy atom. The van der Waals surface area contributed by atoms with Gasteiger partial charge in [-0.2, -0.15) is 0 Å². The van der Waals surface area contributed by atoms with Crippen LogP contribution in [0, 0.1) is 0 Å². The molecule has 8 nitrogen and oxygen atoms in total. The van der Waals surface area contributed by atoms with Crippen molar-refractivity contribution >= 4 is 200 Å². The lowest BCUT2D eigenvalue weighted by molar-refractivity contribution is 0.487. The van der Waals surface area contributed by atoms with E-state index in [1.54, 1.807) is 0 Å². The number of fused-ring (bicyclic) bond motifs is 17. The van der Waals surface area contributed by atoms with Gasteiger partial charge < -0.3 is 38.5 Å². The predicted molar refractivity (Wildman–Crippen MR) is 452 cm³/mol. The summed E-state index contributed by atoms with van der Waals surface area (Å²) in [5.74, 6) is 3.66. The number of benzene rings is 16. The molecule has 25 rings (SSSR count). The minimum Gasteiger partial charge on any atom is -0.458 e. The Balaban J connectivity index is 0.000000142. The fourth-order valence-corrected chi connectivity index (χ4v) is 19.7. The molecule has 1 aromatic heterocycles. The number of hydrogen-bond acceptors (Lipinski definition) is 7. The second kappa shape index (κ2) is 22.8. The van der Waals surface area contributed by atoms with E-state index in [1.165, 1.54) is 121 Å². The van der Waals surface area contributed by atoms with E-state index < -0.39 is 0 Å². The van der Waals surface area contributed by atoms with E-state index in [-0.39, 0.29) is 26.9 Å². The molecule has 8 aliphatic rings. The molecular weight excluding hydrogens is 1310 g/mol. The number of nitrogens with zero attached hydrogens (tertiary/aromatic N) is 6. The highest BCUT2D eigenvalue weighted by atomic mass is 16.5. The molecule has 0 amide bonds. The van der Waals surface area contributed by atoms with Gasteiger partial charge in [0.1, 0.15) is 23.0 Å². The molecule has 0 N–H and O–H groups in total. The Bertz CT molecular complexity index is 6530. The first-order chi connectivity index (χ1) is 53.7. The van der Waals surface area contributed by atoms with Gasteiger partial charge in [-0.25, -0.2) is 0 Å². The molecule has 17 aromatic rings. The molecule has 9 heterocycles. The molecule has 0 fully saturated rings. The molecule has 0 saturated carbocycles. The summed E-state index contributed by atoms with van der Waals surface area (Å²) in [6.45, 7) is 0.183. The molecule has 108 heavy (non-hydrogen) atoms. The van der Waals surface area contributed by atoms with E-state index in [1.807, 2.05) is 0 Å². The summed E-state index contributed by atoms with van der Waals surface area (Å²) in [4.78, 5) is 12.1. The summed E-state index contributed by atoms with van der Waals surface area (Å²) in [5.41, 5.74) is 36.6. The van der Waals surface area contributed by atoms with Crippen molar-refractivity contribution in [2.75, 3.05) is 24.5 Å². The Kier molecular flexibility index (Phi) is 12.6. The smallest absolute Gasteiger partial charge is 0.256 e. The third kappa shape index (κ3) is 8.28. The number of anilines is 15. The summed E-state index contributed by atoms with van der Waals surface area (Å²) in [7, 11) is 0. The monoisotopic (exact) mass is 1370 g/mol. The Hall–Kier alpha value is -13.8. The van der Waals surface area contributed by atoms with Gasteiger partial charge >= 0.3 is 0 Å². The number of para-hydroxylation sites is 12. The van der Waals surface area contributed by atoms with Gasteiger partial charge in [0.25, 0.3) is 26.9 Å². The zero-order valence-corrected chi connectivity index (χ0v) is 58.5. The van der Waals surface area contributed by atoms with Crippen LogP contribution in [0.15, 0.2) is 364 Å². The number of rotatable bonds is 8. The van der Waals surface area contributed by atoms with Crippen LogP contribution in [0.2, 0.25) is 0 Å². The molecule has 0 saturated heterocycles. The van der Waals surface area contributed by atoms with Crippen LogP contribution in [0.1, 0.15) is 0 Å². The Labute approximate surface area is 626 Å². The standard InChI is InChI=1S/C60H40B2N4O.C36H20B2N2O/c1-6-20-41(21-7-1)63(42-22-8-2-9-23-42)46-34-36-50-54(38-46)65(45-28-14-5-15-29-45)55-40-57-59-60-58(55)61(50)48-30-16-18-32-52(48)66(60)53-33-19-17-31-49(53)62(59)51-37-35-47(39-56(51)67-57)64(43-24-10-3-11-25-43)44-26-12-4-13-27-44;1-2-10-21(11-3-1)39-28-18-6-4-14-24(28)37-26-16-8-12-22-23-13-9-17-27-35(23)40(34(22)26)36-32(37)29(39)20-31-33(36)38(27)25-15-5-7-19-30(25)41-31/h1-40H;1-20H. The van der Waals surface area contributed by atoms with Gasteiger partial charge in [-0.05, 0) is 181 Å². The van der Waals surface area contributed by atoms with Gasteiger partial charge in [-0.15, -0.1) is 0 Å². The van der Waals surface area contributed by atoms with Crippen LogP contribution in [-0.4, -0.2) is 31.4 Å². The maximum Gasteiger partial charge on any atom is 0.256 e. The highest BCUT2D eigenvalue weighted by Crippen LogP contribution is 2.51. The molecule has 8 aliphatic heterocycles. The first-order valence-corrected chi connectivity index (χ1v) is 37.4. The van der Waals surface area contributed by atoms with Crippen molar-refractivity contribution in [3.63, 3.8) is 0 Å². The van der Waals surface area contributed by atoms with E-state index in [2.05, 4.69) is 393 Å². The van der Waals surface area contributed by atoms with Crippen molar-refractivity contribution in [3.05, 3.63) is 364 Å². The third-order valence-electron chi connectivity index (χ3n) is 23.8. The third-order valence-corrected chi connectivity index (χ3v) is 23.8. The molecule has 0 spiro atoms. The van der Waals surface area contributed by atoms with Gasteiger partial charge in [-0.3, -0.25) is 0 Å². The normalized spacial score (nSPS) is 13.6. The van der Waals surface area contributed by atoms with Crippen molar-refractivity contribution in [1.29, 1.82) is 0 Å². The van der Waals surface area contributed by atoms with Gasteiger partial charge in [0.2, 0.25) is 0 Å². The second-order valence-electron chi connectivity index (χ2n) is 29.3. The molecule has 0 unspecified atom stereocenters. The van der Waals surface area contributed by atoms with E-state index in [0.29, 0.717) is 0 Å². The minimum atomic E-state index is -0.0485. The molecule has 0 bridgehead atoms. The van der Waals surface area contributed by atoms with Crippen molar-refractivity contribution in [2.24, 2.45) is 0 Å². The van der Waals surface area contributed by atoms with Gasteiger partial charge in [0.05, 0.1) is 0 Å². The molecule has 0 atom stereocenters. The first-order valence-electron chi connectivity index (χ1n) is 37.4. The van der Waals surface area contributed by atoms with Crippen LogP contribution < -0.4 is 99.5 Å². The average molecular weight is 1370 g/mol. The van der Waals surface area contributed by atoms with Crippen LogP contribution in [0.25, 0.3) is 27.5 Å². The van der Waals surface area contributed by atoms with E-state index in [0.717, 1.165) is 79.9 Å². The van der Waals surface area contributed by atoms with Crippen LogP contribution in [-0.2, 0) is 0 Å². The Morgan fingerprint density at radius 3 is 1.08 bits per heavy atom. The van der Waals surface area contributed by atoms with Crippen molar-refractivity contribution in [3.8, 4) is 28.7 Å². The quantitative estimate of drug-likeness (QED) is 0.140. The maximum absolute atomic E-state index is 7.43. The van der Waals surface area contributed by atoms with Crippen LogP contribution in [0.4, 0.5) is 85.3 Å². The topological polar surface area (TPSA) is 39.6 Å². The van der Waals surface area contributed by atoms with E-state index >= 15 is 0 Å². The number of aromatic nitrogens is 1. The summed E-state index contributed by atoms with van der Waals surface area (Å²) in [5, 5.41) is 2.67. The second-order valence-corrected chi connectivity index (χ2v) is 29.3. The molecular formula is C96H60B4N6O2. The lowest BCUT2D eigenvalue weighted by Gasteiger charge is -2.49. The Morgan fingerprint density at radius 2 is 0.565 bits per heavy atom. The average Bonchev–Trinajstić information content (AvgIpc) is 1.27. The van der Waals surface area contributed by atoms with Gasteiger partial charge in [0.15, 0.2) is 0 Å².